The van der Waals surface area contributed by atoms with Gasteiger partial charge in [-0.15, -0.1) is 0 Å². The van der Waals surface area contributed by atoms with E-state index in [0.29, 0.717) is 11.3 Å². The number of amides is 1. The summed E-state index contributed by atoms with van der Waals surface area (Å²) in [5.74, 6) is -0.262. The molecule has 4 rings (SSSR count). The lowest BCUT2D eigenvalue weighted by Gasteiger charge is -2.16. The van der Waals surface area contributed by atoms with E-state index in [1.807, 2.05) is 38.1 Å². The number of aryl methyl sites for hydroxylation is 3. The molecule has 3 aromatic rings. The fourth-order valence-corrected chi connectivity index (χ4v) is 4.95. The minimum Gasteiger partial charge on any atom is -0.345 e. The van der Waals surface area contributed by atoms with E-state index in [-0.39, 0.29) is 16.8 Å². The third-order valence-electron chi connectivity index (χ3n) is 5.47. The van der Waals surface area contributed by atoms with E-state index in [1.165, 1.54) is 17.7 Å². The van der Waals surface area contributed by atoms with Crippen LogP contribution in [0, 0.1) is 13.8 Å². The number of nitrogens with one attached hydrogen (secondary N) is 2. The molecule has 5 nitrogen and oxygen atoms in total. The van der Waals surface area contributed by atoms with E-state index in [2.05, 4.69) is 16.1 Å². The molecule has 0 saturated carbocycles. The van der Waals surface area contributed by atoms with Gasteiger partial charge in [-0.05, 0) is 73.2 Å². The second kappa shape index (κ2) is 7.95. The molecule has 0 radical (unpaired) electrons. The molecule has 0 aliphatic heterocycles. The molecule has 0 spiro atoms. The predicted octanol–water partition coefficient (Wildman–Crippen LogP) is 4.52. The number of hydrogen-bond acceptors (Lipinski definition) is 3. The van der Waals surface area contributed by atoms with Crippen LogP contribution in [-0.2, 0) is 16.4 Å². The summed E-state index contributed by atoms with van der Waals surface area (Å²) in [6, 6.07) is 19.8. The quantitative estimate of drug-likeness (QED) is 0.637. The molecule has 0 heterocycles. The first-order valence-electron chi connectivity index (χ1n) is 9.92. The van der Waals surface area contributed by atoms with Crippen molar-refractivity contribution in [3.05, 3.63) is 94.5 Å². The van der Waals surface area contributed by atoms with Crippen LogP contribution in [0.1, 0.15) is 45.1 Å². The number of hydrogen-bond donors (Lipinski definition) is 2. The lowest BCUT2D eigenvalue weighted by atomic mass is 10.1. The highest BCUT2D eigenvalue weighted by molar-refractivity contribution is 7.92. The van der Waals surface area contributed by atoms with E-state index < -0.39 is 10.0 Å². The second-order valence-corrected chi connectivity index (χ2v) is 9.40. The summed E-state index contributed by atoms with van der Waals surface area (Å²) in [7, 11) is -3.81. The van der Waals surface area contributed by atoms with Gasteiger partial charge in [-0.2, -0.15) is 0 Å². The van der Waals surface area contributed by atoms with Crippen molar-refractivity contribution in [3.63, 3.8) is 0 Å². The van der Waals surface area contributed by atoms with Crippen LogP contribution >= 0.6 is 0 Å². The van der Waals surface area contributed by atoms with E-state index >= 15 is 0 Å². The van der Waals surface area contributed by atoms with Crippen LogP contribution in [0.25, 0.3) is 0 Å². The van der Waals surface area contributed by atoms with Gasteiger partial charge in [0.2, 0.25) is 0 Å². The molecule has 0 aromatic heterocycles. The normalized spacial score (nSPS) is 15.5. The Labute approximate surface area is 177 Å². The summed E-state index contributed by atoms with van der Waals surface area (Å²) in [5, 5.41) is 3.07. The van der Waals surface area contributed by atoms with E-state index in [0.717, 1.165) is 29.5 Å². The maximum Gasteiger partial charge on any atom is 0.261 e. The molecule has 0 fully saturated rings. The van der Waals surface area contributed by atoms with Crippen LogP contribution < -0.4 is 10.0 Å². The third kappa shape index (κ3) is 4.09. The Hall–Kier alpha value is -3.12. The summed E-state index contributed by atoms with van der Waals surface area (Å²) in [5.41, 5.74) is 4.92. The lowest BCUT2D eigenvalue weighted by Crippen LogP contribution is -2.28. The number of fused-ring (bicyclic) bond motifs is 1. The monoisotopic (exact) mass is 420 g/mol. The fourth-order valence-electron chi connectivity index (χ4n) is 3.88. The number of rotatable bonds is 5. The summed E-state index contributed by atoms with van der Waals surface area (Å²) in [6.07, 6.45) is 1.77. The van der Waals surface area contributed by atoms with E-state index in [1.54, 1.807) is 24.3 Å². The van der Waals surface area contributed by atoms with Gasteiger partial charge in [0.1, 0.15) is 0 Å². The van der Waals surface area contributed by atoms with Gasteiger partial charge < -0.3 is 5.32 Å². The first-order chi connectivity index (χ1) is 14.3. The van der Waals surface area contributed by atoms with Gasteiger partial charge >= 0.3 is 0 Å². The number of benzene rings is 3. The standard InChI is InChI=1S/C24H24N2O3S/c1-16-6-5-8-19(14-16)26-30(28,29)20-12-10-17(2)22(15-20)24(27)25-23-13-11-18-7-3-4-9-21(18)23/h3-10,12,14-15,23,26H,11,13H2,1-2H3,(H,25,27). The van der Waals surface area contributed by atoms with Crippen LogP contribution in [0.2, 0.25) is 0 Å². The molecular formula is C24H24N2O3S. The lowest BCUT2D eigenvalue weighted by molar-refractivity contribution is 0.0936. The minimum absolute atomic E-state index is 0.0567. The van der Waals surface area contributed by atoms with E-state index in [9.17, 15) is 13.2 Å². The first-order valence-corrected chi connectivity index (χ1v) is 11.4. The summed E-state index contributed by atoms with van der Waals surface area (Å²) in [4.78, 5) is 13.0. The summed E-state index contributed by atoms with van der Waals surface area (Å²) >= 11 is 0. The minimum atomic E-state index is -3.81. The van der Waals surface area contributed by atoms with Gasteiger partial charge in [-0.1, -0.05) is 42.5 Å². The van der Waals surface area contributed by atoms with Crippen molar-refractivity contribution in [3.8, 4) is 0 Å². The Balaban J connectivity index is 1.58. The molecule has 1 aliphatic carbocycles. The fraction of sp³-hybridized carbons (Fsp3) is 0.208. The highest BCUT2D eigenvalue weighted by atomic mass is 32.2. The Morgan fingerprint density at radius 3 is 2.57 bits per heavy atom. The molecule has 0 bridgehead atoms. The van der Waals surface area contributed by atoms with Crippen LogP contribution in [-0.4, -0.2) is 14.3 Å². The average molecular weight is 421 g/mol. The van der Waals surface area contributed by atoms with Gasteiger partial charge in [0, 0.05) is 11.3 Å². The summed E-state index contributed by atoms with van der Waals surface area (Å²) < 4.78 is 28.3. The van der Waals surface area contributed by atoms with Crippen molar-refractivity contribution < 1.29 is 13.2 Å². The maximum atomic E-state index is 13.0. The van der Waals surface area contributed by atoms with Crippen molar-refractivity contribution in [1.29, 1.82) is 0 Å². The number of carbonyl (C=O) groups is 1. The molecule has 1 aliphatic rings. The zero-order valence-corrected chi connectivity index (χ0v) is 17.8. The summed E-state index contributed by atoms with van der Waals surface area (Å²) in [6.45, 7) is 3.70. The third-order valence-corrected chi connectivity index (χ3v) is 6.85. The second-order valence-electron chi connectivity index (χ2n) is 7.72. The first kappa shape index (κ1) is 20.2. The molecule has 3 aromatic carbocycles. The highest BCUT2D eigenvalue weighted by Crippen LogP contribution is 2.31. The predicted molar refractivity (Wildman–Crippen MR) is 118 cm³/mol. The van der Waals surface area contributed by atoms with Crippen molar-refractivity contribution in [1.82, 2.24) is 5.32 Å². The van der Waals surface area contributed by atoms with Gasteiger partial charge in [0.15, 0.2) is 0 Å². The van der Waals surface area contributed by atoms with Gasteiger partial charge in [-0.25, -0.2) is 8.42 Å². The van der Waals surface area contributed by atoms with Crippen molar-refractivity contribution in [2.45, 2.75) is 37.6 Å². The van der Waals surface area contributed by atoms with Gasteiger partial charge in [-0.3, -0.25) is 9.52 Å². The van der Waals surface area contributed by atoms with Gasteiger partial charge in [0.05, 0.1) is 10.9 Å². The Bertz CT molecular complexity index is 1220. The number of anilines is 1. The largest absolute Gasteiger partial charge is 0.345 e. The van der Waals surface area contributed by atoms with E-state index in [4.69, 9.17) is 0 Å². The zero-order chi connectivity index (χ0) is 21.3. The average Bonchev–Trinajstić information content (AvgIpc) is 3.10. The van der Waals surface area contributed by atoms with Gasteiger partial charge in [0.25, 0.3) is 15.9 Å². The van der Waals surface area contributed by atoms with Crippen LogP contribution in [0.3, 0.4) is 0 Å². The topological polar surface area (TPSA) is 75.3 Å². The molecule has 1 atom stereocenters. The molecule has 154 valence electrons. The van der Waals surface area contributed by atoms with Crippen molar-refractivity contribution >= 4 is 21.6 Å². The highest BCUT2D eigenvalue weighted by Gasteiger charge is 2.25. The Kier molecular flexibility index (Phi) is 5.35. The Morgan fingerprint density at radius 2 is 1.77 bits per heavy atom. The van der Waals surface area contributed by atoms with Crippen molar-refractivity contribution in [2.75, 3.05) is 4.72 Å². The van der Waals surface area contributed by atoms with Crippen molar-refractivity contribution in [2.24, 2.45) is 0 Å². The molecular weight excluding hydrogens is 396 g/mol. The number of sulfonamides is 1. The molecule has 6 heteroatoms. The zero-order valence-electron chi connectivity index (χ0n) is 17.0. The molecule has 1 amide bonds. The van der Waals surface area contributed by atoms with Crippen LogP contribution in [0.4, 0.5) is 5.69 Å². The van der Waals surface area contributed by atoms with Crippen LogP contribution in [0.5, 0.6) is 0 Å². The molecule has 2 N–H and O–H groups in total. The molecule has 30 heavy (non-hydrogen) atoms. The Morgan fingerprint density at radius 1 is 0.967 bits per heavy atom. The van der Waals surface area contributed by atoms with Crippen LogP contribution in [0.15, 0.2) is 71.6 Å². The molecule has 0 saturated heterocycles. The number of carbonyl (C=O) groups excluding carboxylic acids is 1. The maximum absolute atomic E-state index is 13.0. The molecule has 1 unspecified atom stereocenters. The smallest absolute Gasteiger partial charge is 0.261 e. The SMILES string of the molecule is Cc1cccc(NS(=O)(=O)c2ccc(C)c(C(=O)NC3CCc4ccccc43)c2)c1.